The lowest BCUT2D eigenvalue weighted by molar-refractivity contribution is 0.0698. The van der Waals surface area contributed by atoms with E-state index in [0.29, 0.717) is 28.7 Å². The summed E-state index contributed by atoms with van der Waals surface area (Å²) >= 11 is 6.86. The number of hydrogen-bond acceptors (Lipinski definition) is 5. The Kier molecular flexibility index (Phi) is 6.34. The van der Waals surface area contributed by atoms with Gasteiger partial charge in [0, 0.05) is 37.4 Å². The van der Waals surface area contributed by atoms with Gasteiger partial charge in [0.2, 0.25) is 0 Å². The Morgan fingerprint density at radius 3 is 2.16 bits per heavy atom. The molecule has 10 heteroatoms. The predicted octanol–water partition coefficient (Wildman–Crippen LogP) is 2.55. The molecule has 0 spiro atoms. The van der Waals surface area contributed by atoms with Gasteiger partial charge >= 0.3 is 0 Å². The van der Waals surface area contributed by atoms with Crippen LogP contribution < -0.4 is 5.73 Å². The second kappa shape index (κ2) is 7.92. The average molecular weight is 422 g/mol. The second-order valence-corrected chi connectivity index (χ2v) is 9.26. The number of carbonyl (C=O) groups is 1. The van der Waals surface area contributed by atoms with E-state index in [1.165, 1.54) is 10.4 Å². The van der Waals surface area contributed by atoms with Crippen LogP contribution in [-0.2, 0) is 10.0 Å². The lowest BCUT2D eigenvalue weighted by atomic mass is 10.1. The number of rotatable bonds is 3. The molecule has 1 fully saturated rings. The molecule has 0 unspecified atom stereocenters. The van der Waals surface area contributed by atoms with Gasteiger partial charge < -0.3 is 10.6 Å². The van der Waals surface area contributed by atoms with Gasteiger partial charge in [0.25, 0.3) is 15.9 Å². The third-order valence-corrected chi connectivity index (χ3v) is 7.42. The summed E-state index contributed by atoms with van der Waals surface area (Å²) in [4.78, 5) is 14.1. The van der Waals surface area contributed by atoms with Crippen molar-refractivity contribution in [2.75, 3.05) is 31.9 Å². The quantitative estimate of drug-likeness (QED) is 0.771. The highest BCUT2D eigenvalue weighted by Crippen LogP contribution is 2.28. The number of benzene rings is 1. The molecule has 1 aliphatic heterocycles. The highest BCUT2D eigenvalue weighted by molar-refractivity contribution is 7.91. The fourth-order valence-corrected chi connectivity index (χ4v) is 5.56. The van der Waals surface area contributed by atoms with Crippen molar-refractivity contribution in [2.24, 2.45) is 0 Å². The Morgan fingerprint density at radius 1 is 1.04 bits per heavy atom. The molecule has 0 atom stereocenters. The van der Waals surface area contributed by atoms with Gasteiger partial charge in [-0.25, -0.2) is 8.42 Å². The number of amides is 1. The van der Waals surface area contributed by atoms with Gasteiger partial charge in [0.05, 0.1) is 4.34 Å². The number of anilines is 1. The van der Waals surface area contributed by atoms with E-state index in [1.54, 1.807) is 35.2 Å². The summed E-state index contributed by atoms with van der Waals surface area (Å²) in [5.74, 6) is -0.119. The van der Waals surface area contributed by atoms with E-state index < -0.39 is 10.0 Å². The molecular weight excluding hydrogens is 405 g/mol. The zero-order chi connectivity index (χ0) is 17.3. The van der Waals surface area contributed by atoms with E-state index in [2.05, 4.69) is 0 Å². The molecule has 1 saturated heterocycles. The normalized spacial score (nSPS) is 15.6. The minimum absolute atomic E-state index is 0. The average Bonchev–Trinajstić information content (AvgIpc) is 3.02. The number of nitrogens with two attached hydrogens (primary N) is 1. The molecule has 0 radical (unpaired) electrons. The van der Waals surface area contributed by atoms with Gasteiger partial charge in [0.15, 0.2) is 0 Å². The Bertz CT molecular complexity index is 845. The molecule has 2 aromatic rings. The van der Waals surface area contributed by atoms with Crippen LogP contribution in [0.3, 0.4) is 0 Å². The SMILES string of the molecule is Cl.Nc1ccc(C(=O)N2CCN(S(=O)(=O)c3ccc(Cl)s3)CC2)cc1. The van der Waals surface area contributed by atoms with Gasteiger partial charge in [-0.1, -0.05) is 11.6 Å². The number of nitrogens with zero attached hydrogens (tertiary/aromatic N) is 2. The van der Waals surface area contributed by atoms with Crippen molar-refractivity contribution in [1.82, 2.24) is 9.21 Å². The summed E-state index contributed by atoms with van der Waals surface area (Å²) in [6.07, 6.45) is 0. The first-order valence-corrected chi connectivity index (χ1v) is 9.92. The number of carbonyl (C=O) groups excluding carboxylic acids is 1. The van der Waals surface area contributed by atoms with E-state index >= 15 is 0 Å². The first kappa shape index (κ1) is 20.0. The number of thiophene rings is 1. The zero-order valence-corrected chi connectivity index (χ0v) is 16.3. The molecule has 1 amide bonds. The molecule has 136 valence electrons. The molecule has 1 aromatic heterocycles. The minimum Gasteiger partial charge on any atom is -0.399 e. The summed E-state index contributed by atoms with van der Waals surface area (Å²) in [6, 6.07) is 9.78. The van der Waals surface area contributed by atoms with E-state index in [1.807, 2.05) is 0 Å². The van der Waals surface area contributed by atoms with Gasteiger partial charge in [-0.2, -0.15) is 4.31 Å². The van der Waals surface area contributed by atoms with Crippen molar-refractivity contribution in [3.05, 3.63) is 46.3 Å². The Hall–Kier alpha value is -1.32. The molecule has 6 nitrogen and oxygen atoms in total. The van der Waals surface area contributed by atoms with Crippen LogP contribution in [0.2, 0.25) is 4.34 Å². The third-order valence-electron chi connectivity index (χ3n) is 3.83. The van der Waals surface area contributed by atoms with Crippen LogP contribution in [-0.4, -0.2) is 49.7 Å². The minimum atomic E-state index is -3.55. The maximum Gasteiger partial charge on any atom is 0.253 e. The number of hydrogen-bond donors (Lipinski definition) is 1. The highest BCUT2D eigenvalue weighted by atomic mass is 35.5. The van der Waals surface area contributed by atoms with Crippen LogP contribution in [0, 0.1) is 0 Å². The maximum absolute atomic E-state index is 12.5. The summed E-state index contributed by atoms with van der Waals surface area (Å²) in [5.41, 5.74) is 6.76. The number of halogens is 2. The molecule has 1 aromatic carbocycles. The lowest BCUT2D eigenvalue weighted by Gasteiger charge is -2.33. The van der Waals surface area contributed by atoms with Crippen LogP contribution in [0.1, 0.15) is 10.4 Å². The first-order chi connectivity index (χ1) is 11.4. The van der Waals surface area contributed by atoms with Gasteiger partial charge in [-0.05, 0) is 36.4 Å². The Labute approximate surface area is 161 Å². The Morgan fingerprint density at radius 2 is 1.64 bits per heavy atom. The van der Waals surface area contributed by atoms with Gasteiger partial charge in [0.1, 0.15) is 4.21 Å². The first-order valence-electron chi connectivity index (χ1n) is 7.28. The molecule has 0 bridgehead atoms. The van der Waals surface area contributed by atoms with Crippen molar-refractivity contribution >= 4 is 57.0 Å². The van der Waals surface area contributed by atoms with Gasteiger partial charge in [-0.15, -0.1) is 23.7 Å². The Balaban J connectivity index is 0.00000225. The molecule has 3 rings (SSSR count). The van der Waals surface area contributed by atoms with Crippen LogP contribution in [0.5, 0.6) is 0 Å². The fraction of sp³-hybridized carbons (Fsp3) is 0.267. The van der Waals surface area contributed by atoms with Crippen molar-refractivity contribution in [3.8, 4) is 0 Å². The van der Waals surface area contributed by atoms with Crippen molar-refractivity contribution in [3.63, 3.8) is 0 Å². The summed E-state index contributed by atoms with van der Waals surface area (Å²) in [5, 5.41) is 0. The van der Waals surface area contributed by atoms with Crippen LogP contribution in [0.4, 0.5) is 5.69 Å². The molecule has 0 saturated carbocycles. The van der Waals surface area contributed by atoms with E-state index in [0.717, 1.165) is 11.3 Å². The van der Waals surface area contributed by atoms with E-state index in [-0.39, 0.29) is 35.6 Å². The number of nitrogen functional groups attached to an aromatic ring is 1. The number of sulfonamides is 1. The second-order valence-electron chi connectivity index (χ2n) is 5.38. The zero-order valence-electron chi connectivity index (χ0n) is 13.1. The lowest BCUT2D eigenvalue weighted by Crippen LogP contribution is -2.50. The molecule has 2 heterocycles. The van der Waals surface area contributed by atoms with Gasteiger partial charge in [-0.3, -0.25) is 4.79 Å². The number of piperazine rings is 1. The van der Waals surface area contributed by atoms with Crippen LogP contribution in [0.15, 0.2) is 40.6 Å². The fourth-order valence-electron chi connectivity index (χ4n) is 2.50. The van der Waals surface area contributed by atoms with Crippen molar-refractivity contribution in [2.45, 2.75) is 4.21 Å². The van der Waals surface area contributed by atoms with Crippen molar-refractivity contribution in [1.29, 1.82) is 0 Å². The van der Waals surface area contributed by atoms with Crippen molar-refractivity contribution < 1.29 is 13.2 Å². The maximum atomic E-state index is 12.5. The smallest absolute Gasteiger partial charge is 0.253 e. The molecule has 2 N–H and O–H groups in total. The van der Waals surface area contributed by atoms with Crippen LogP contribution >= 0.6 is 35.3 Å². The molecule has 1 aliphatic rings. The molecule has 0 aliphatic carbocycles. The third kappa shape index (κ3) is 4.27. The monoisotopic (exact) mass is 421 g/mol. The summed E-state index contributed by atoms with van der Waals surface area (Å²) < 4.78 is 27.1. The molecule has 25 heavy (non-hydrogen) atoms. The summed E-state index contributed by atoms with van der Waals surface area (Å²) in [6.45, 7) is 1.22. The van der Waals surface area contributed by atoms with E-state index in [9.17, 15) is 13.2 Å². The van der Waals surface area contributed by atoms with Crippen LogP contribution in [0.25, 0.3) is 0 Å². The standard InChI is InChI=1S/C15H16ClN3O3S2.ClH/c16-13-5-6-14(23-13)24(21,22)19-9-7-18(8-10-19)15(20)11-1-3-12(17)4-2-11;/h1-6H,7-10,17H2;1H. The summed E-state index contributed by atoms with van der Waals surface area (Å²) in [7, 11) is -3.55. The largest absolute Gasteiger partial charge is 0.399 e. The highest BCUT2D eigenvalue weighted by Gasteiger charge is 2.31. The topological polar surface area (TPSA) is 83.7 Å². The predicted molar refractivity (Wildman–Crippen MR) is 102 cm³/mol. The molecular formula is C15H17Cl2N3O3S2. The van der Waals surface area contributed by atoms with E-state index in [4.69, 9.17) is 17.3 Å².